The molecule has 1 N–H and O–H groups in total. The van der Waals surface area contributed by atoms with Crippen molar-refractivity contribution < 1.29 is 0 Å². The minimum atomic E-state index is -0.598. The molecule has 4 aromatic carbocycles. The second-order valence-electron chi connectivity index (χ2n) is 8.06. The van der Waals surface area contributed by atoms with Crippen LogP contribution in [0.2, 0.25) is 0 Å². The Morgan fingerprint density at radius 2 is 1.00 bits per heavy atom. The Balaban J connectivity index is 1.42. The molecule has 0 amide bonds. The average Bonchev–Trinajstić information content (AvgIpc) is 2.92. The van der Waals surface area contributed by atoms with Gasteiger partial charge in [0, 0.05) is 17.6 Å². The SMILES string of the molecule is C1=C/C(=C/P(c2ccccc2)c2ccccc2)NC(CP(c2ccccc2)c2ccccc2)=C1. The smallest absolute Gasteiger partial charge is 0.0393 e. The topological polar surface area (TPSA) is 12.0 Å². The number of rotatable bonds is 7. The third kappa shape index (κ3) is 5.63. The third-order valence-electron chi connectivity index (χ3n) is 5.68. The van der Waals surface area contributed by atoms with Crippen LogP contribution in [0.15, 0.2) is 157 Å². The number of allylic oxidation sites excluding steroid dienone is 4. The van der Waals surface area contributed by atoms with Crippen LogP contribution in [-0.4, -0.2) is 6.16 Å². The molecule has 0 aromatic heterocycles. The summed E-state index contributed by atoms with van der Waals surface area (Å²) in [6.07, 6.45) is 7.59. The van der Waals surface area contributed by atoms with Crippen LogP contribution in [0.25, 0.3) is 0 Å². The van der Waals surface area contributed by atoms with Crippen molar-refractivity contribution in [3.8, 4) is 0 Å². The fraction of sp³-hybridized carbons (Fsp3) is 0.0323. The molecule has 0 unspecified atom stereocenters. The number of nitrogens with one attached hydrogen (secondary N) is 1. The summed E-state index contributed by atoms with van der Waals surface area (Å²) in [5.41, 5.74) is 2.44. The van der Waals surface area contributed by atoms with Crippen molar-refractivity contribution in [3.63, 3.8) is 0 Å². The van der Waals surface area contributed by atoms with E-state index in [1.54, 1.807) is 0 Å². The van der Waals surface area contributed by atoms with Gasteiger partial charge in [0.1, 0.15) is 0 Å². The highest BCUT2D eigenvalue weighted by Crippen LogP contribution is 2.38. The van der Waals surface area contributed by atoms with E-state index >= 15 is 0 Å². The third-order valence-corrected chi connectivity index (χ3v) is 10.4. The van der Waals surface area contributed by atoms with E-state index < -0.39 is 15.8 Å². The Hall–Kier alpha value is -3.24. The summed E-state index contributed by atoms with van der Waals surface area (Å²) < 4.78 is 0. The highest BCUT2D eigenvalue weighted by Gasteiger charge is 2.18. The van der Waals surface area contributed by atoms with Gasteiger partial charge in [-0.3, -0.25) is 0 Å². The Bertz CT molecular complexity index is 1200. The lowest BCUT2D eigenvalue weighted by Crippen LogP contribution is -2.22. The van der Waals surface area contributed by atoms with Gasteiger partial charge in [-0.25, -0.2) is 0 Å². The average molecular weight is 476 g/mol. The molecule has 1 aliphatic heterocycles. The fourth-order valence-electron chi connectivity index (χ4n) is 4.04. The first-order valence-corrected chi connectivity index (χ1v) is 14.4. The van der Waals surface area contributed by atoms with Gasteiger partial charge >= 0.3 is 0 Å². The van der Waals surface area contributed by atoms with Gasteiger partial charge in [-0.15, -0.1) is 0 Å². The van der Waals surface area contributed by atoms with Gasteiger partial charge < -0.3 is 5.32 Å². The molecule has 3 heteroatoms. The zero-order valence-corrected chi connectivity index (χ0v) is 20.7. The summed E-state index contributed by atoms with van der Waals surface area (Å²) in [7, 11) is -1.09. The molecule has 0 bridgehead atoms. The summed E-state index contributed by atoms with van der Waals surface area (Å²) >= 11 is 0. The van der Waals surface area contributed by atoms with Gasteiger partial charge in [-0.2, -0.15) is 0 Å². The summed E-state index contributed by atoms with van der Waals surface area (Å²) in [6, 6.07) is 43.5. The van der Waals surface area contributed by atoms with E-state index in [-0.39, 0.29) is 0 Å². The molecule has 5 rings (SSSR count). The van der Waals surface area contributed by atoms with Crippen molar-refractivity contribution >= 4 is 37.1 Å². The maximum atomic E-state index is 3.76. The van der Waals surface area contributed by atoms with Crippen LogP contribution in [-0.2, 0) is 0 Å². The minimum Gasteiger partial charge on any atom is -0.359 e. The first kappa shape index (κ1) is 22.5. The Labute approximate surface area is 205 Å². The summed E-state index contributed by atoms with van der Waals surface area (Å²) in [4.78, 5) is 0. The molecule has 4 aromatic rings. The molecular weight excluding hydrogens is 448 g/mol. The van der Waals surface area contributed by atoms with E-state index in [4.69, 9.17) is 0 Å². The fourth-order valence-corrected chi connectivity index (χ4v) is 8.30. The largest absolute Gasteiger partial charge is 0.359 e. The van der Waals surface area contributed by atoms with Crippen LogP contribution >= 0.6 is 15.8 Å². The minimum absolute atomic E-state index is 0.487. The normalized spacial score (nSPS) is 14.3. The Morgan fingerprint density at radius 1 is 0.559 bits per heavy atom. The van der Waals surface area contributed by atoms with Crippen LogP contribution in [0.5, 0.6) is 0 Å². The molecule has 0 radical (unpaired) electrons. The van der Waals surface area contributed by atoms with E-state index in [9.17, 15) is 0 Å². The molecule has 166 valence electrons. The number of dihydropyridines is 1. The molecule has 1 aliphatic rings. The van der Waals surface area contributed by atoms with Crippen molar-refractivity contribution in [2.24, 2.45) is 0 Å². The standard InChI is InChI=1S/C31H27NP2/c1-5-16-28(17-6-1)33(29-18-7-2-8-19-29)24-26-14-13-15-27(32-26)25-34(30-20-9-3-10-21-30)31-22-11-4-12-23-31/h1-24,32H,25H2/b26-24-. The number of benzene rings is 4. The number of hydrogen-bond acceptors (Lipinski definition) is 1. The van der Waals surface area contributed by atoms with Crippen molar-refractivity contribution in [3.05, 3.63) is 157 Å². The van der Waals surface area contributed by atoms with Crippen LogP contribution < -0.4 is 26.5 Å². The molecular formula is C31H27NP2. The molecule has 1 nitrogen and oxygen atoms in total. The molecule has 0 fully saturated rings. The highest BCUT2D eigenvalue weighted by molar-refractivity contribution is 7.75. The van der Waals surface area contributed by atoms with Gasteiger partial charge in [-0.1, -0.05) is 127 Å². The summed E-state index contributed by atoms with van der Waals surface area (Å²) in [5, 5.41) is 9.29. The Kier molecular flexibility index (Phi) is 7.47. The van der Waals surface area contributed by atoms with Crippen LogP contribution in [0.1, 0.15) is 0 Å². The molecule has 0 aliphatic carbocycles. The van der Waals surface area contributed by atoms with Crippen molar-refractivity contribution in [1.29, 1.82) is 0 Å². The molecule has 34 heavy (non-hydrogen) atoms. The van der Waals surface area contributed by atoms with E-state index in [0.717, 1.165) is 6.16 Å². The van der Waals surface area contributed by atoms with Crippen LogP contribution in [0.3, 0.4) is 0 Å². The first-order valence-electron chi connectivity index (χ1n) is 11.5. The summed E-state index contributed by atoms with van der Waals surface area (Å²) in [6.45, 7) is 0. The first-order chi connectivity index (χ1) is 16.9. The second kappa shape index (κ2) is 11.3. The quantitative estimate of drug-likeness (QED) is 0.317. The molecule has 1 heterocycles. The zero-order valence-electron chi connectivity index (χ0n) is 19.0. The van der Waals surface area contributed by atoms with Gasteiger partial charge in [0.15, 0.2) is 0 Å². The van der Waals surface area contributed by atoms with Crippen molar-refractivity contribution in [2.75, 3.05) is 6.16 Å². The maximum absolute atomic E-state index is 3.76. The second-order valence-corrected chi connectivity index (χ2v) is 12.3. The van der Waals surface area contributed by atoms with E-state index in [0.29, 0.717) is 0 Å². The van der Waals surface area contributed by atoms with Crippen molar-refractivity contribution in [2.45, 2.75) is 0 Å². The predicted octanol–water partition coefficient (Wildman–Crippen LogP) is 6.14. The Morgan fingerprint density at radius 3 is 1.47 bits per heavy atom. The van der Waals surface area contributed by atoms with Crippen LogP contribution in [0, 0.1) is 0 Å². The van der Waals surface area contributed by atoms with Crippen LogP contribution in [0.4, 0.5) is 0 Å². The molecule has 0 saturated carbocycles. The predicted molar refractivity (Wildman–Crippen MR) is 151 cm³/mol. The van der Waals surface area contributed by atoms with Gasteiger partial charge in [0.05, 0.1) is 0 Å². The van der Waals surface area contributed by atoms with E-state index in [1.165, 1.54) is 32.6 Å². The van der Waals surface area contributed by atoms with Crippen molar-refractivity contribution in [1.82, 2.24) is 5.32 Å². The van der Waals surface area contributed by atoms with Gasteiger partial charge in [-0.05, 0) is 55.0 Å². The highest BCUT2D eigenvalue weighted by atomic mass is 31.1. The number of hydrogen-bond donors (Lipinski definition) is 1. The molecule has 0 saturated heterocycles. The maximum Gasteiger partial charge on any atom is 0.0393 e. The summed E-state index contributed by atoms with van der Waals surface area (Å²) in [5.74, 6) is 2.41. The lowest BCUT2D eigenvalue weighted by molar-refractivity contribution is 0.998. The lowest BCUT2D eigenvalue weighted by atomic mass is 10.3. The van der Waals surface area contributed by atoms with Gasteiger partial charge in [0.25, 0.3) is 0 Å². The zero-order chi connectivity index (χ0) is 23.0. The monoisotopic (exact) mass is 475 g/mol. The van der Waals surface area contributed by atoms with E-state index in [2.05, 4.69) is 151 Å². The van der Waals surface area contributed by atoms with E-state index in [1.807, 2.05) is 0 Å². The molecule has 0 spiro atoms. The lowest BCUT2D eigenvalue weighted by Gasteiger charge is -2.24. The van der Waals surface area contributed by atoms with Gasteiger partial charge in [0.2, 0.25) is 0 Å². The molecule has 0 atom stereocenters.